The van der Waals surface area contributed by atoms with Gasteiger partial charge in [0.25, 0.3) is 0 Å². The van der Waals surface area contributed by atoms with Gasteiger partial charge < -0.3 is 20.1 Å². The van der Waals surface area contributed by atoms with E-state index >= 15 is 0 Å². The van der Waals surface area contributed by atoms with Gasteiger partial charge in [-0.05, 0) is 55.8 Å². The van der Waals surface area contributed by atoms with E-state index < -0.39 is 0 Å². The second-order valence-electron chi connectivity index (χ2n) is 8.54. The zero-order valence-electron chi connectivity index (χ0n) is 18.7. The molecule has 164 valence electrons. The average Bonchev–Trinajstić information content (AvgIpc) is 3.25. The highest BCUT2D eigenvalue weighted by molar-refractivity contribution is 5.92. The van der Waals surface area contributed by atoms with Crippen LogP contribution in [0.5, 0.6) is 0 Å². The van der Waals surface area contributed by atoms with E-state index in [1.165, 1.54) is 11.1 Å². The van der Waals surface area contributed by atoms with E-state index in [1.54, 1.807) is 12.4 Å². The van der Waals surface area contributed by atoms with E-state index in [2.05, 4.69) is 62.2 Å². The molecule has 4 heterocycles. The van der Waals surface area contributed by atoms with Gasteiger partial charge in [0, 0.05) is 68.0 Å². The Kier molecular flexibility index (Phi) is 5.83. The number of nitrogens with zero attached hydrogens (tertiary/aromatic N) is 5. The Bertz CT molecular complexity index is 1210. The molecule has 1 aliphatic rings. The number of anilines is 2. The lowest BCUT2D eigenvalue weighted by Crippen LogP contribution is -2.45. The van der Waals surface area contributed by atoms with Crippen molar-refractivity contribution in [3.63, 3.8) is 0 Å². The summed E-state index contributed by atoms with van der Waals surface area (Å²) in [5.74, 6) is 0.592. The number of aromatic amines is 1. The second-order valence-corrected chi connectivity index (χ2v) is 8.54. The van der Waals surface area contributed by atoms with Gasteiger partial charge in [-0.25, -0.2) is 15.0 Å². The minimum absolute atomic E-state index is 0.592. The summed E-state index contributed by atoms with van der Waals surface area (Å²) in [5, 5.41) is 4.45. The molecule has 0 bridgehead atoms. The molecule has 5 rings (SSSR count). The quantitative estimate of drug-likeness (QED) is 0.487. The van der Waals surface area contributed by atoms with Crippen molar-refractivity contribution in [2.45, 2.75) is 13.3 Å². The van der Waals surface area contributed by atoms with Gasteiger partial charge in [0.05, 0.1) is 5.69 Å². The van der Waals surface area contributed by atoms with Crippen molar-refractivity contribution in [3.8, 4) is 11.3 Å². The number of fused-ring (bicyclic) bond motifs is 1. The van der Waals surface area contributed by atoms with Crippen LogP contribution in [0.1, 0.15) is 11.1 Å². The lowest BCUT2D eigenvalue weighted by Gasteiger charge is -2.32. The number of hydrogen-bond acceptors (Lipinski definition) is 6. The number of rotatable bonds is 6. The Labute approximate surface area is 188 Å². The predicted molar refractivity (Wildman–Crippen MR) is 129 cm³/mol. The monoisotopic (exact) mass is 427 g/mol. The fraction of sp³-hybridized carbons (Fsp3) is 0.320. The van der Waals surface area contributed by atoms with Crippen LogP contribution in [0, 0.1) is 6.92 Å². The van der Waals surface area contributed by atoms with E-state index in [9.17, 15) is 0 Å². The highest BCUT2D eigenvalue weighted by Crippen LogP contribution is 2.27. The van der Waals surface area contributed by atoms with Crippen molar-refractivity contribution in [2.75, 3.05) is 45.1 Å². The summed E-state index contributed by atoms with van der Waals surface area (Å²) in [4.78, 5) is 21.7. The van der Waals surface area contributed by atoms with Crippen molar-refractivity contribution >= 4 is 22.7 Å². The van der Waals surface area contributed by atoms with Gasteiger partial charge in [-0.3, -0.25) is 0 Å². The summed E-state index contributed by atoms with van der Waals surface area (Å²) >= 11 is 0. The van der Waals surface area contributed by atoms with Crippen LogP contribution in [0.15, 0.2) is 55.0 Å². The minimum Gasteiger partial charge on any atom is -0.345 e. The molecule has 7 heteroatoms. The van der Waals surface area contributed by atoms with Gasteiger partial charge in [0.2, 0.25) is 5.95 Å². The van der Waals surface area contributed by atoms with Crippen LogP contribution in [0.4, 0.5) is 11.6 Å². The largest absolute Gasteiger partial charge is 0.345 e. The van der Waals surface area contributed by atoms with Crippen LogP contribution in [0.25, 0.3) is 22.3 Å². The fourth-order valence-electron chi connectivity index (χ4n) is 4.24. The van der Waals surface area contributed by atoms with E-state index in [-0.39, 0.29) is 0 Å². The van der Waals surface area contributed by atoms with Crippen molar-refractivity contribution in [3.05, 3.63) is 66.1 Å². The molecule has 2 N–H and O–H groups in total. The maximum absolute atomic E-state index is 4.75. The van der Waals surface area contributed by atoms with Crippen LogP contribution < -0.4 is 5.32 Å². The number of aryl methyl sites for hydroxylation is 1. The van der Waals surface area contributed by atoms with Crippen LogP contribution in [-0.2, 0) is 6.42 Å². The molecule has 1 aromatic carbocycles. The van der Waals surface area contributed by atoms with Gasteiger partial charge in [-0.15, -0.1) is 0 Å². The van der Waals surface area contributed by atoms with E-state index in [0.29, 0.717) is 5.95 Å². The fourth-order valence-corrected chi connectivity index (χ4v) is 4.24. The first kappa shape index (κ1) is 20.6. The number of hydrogen-bond donors (Lipinski definition) is 2. The number of benzene rings is 1. The zero-order chi connectivity index (χ0) is 21.9. The van der Waals surface area contributed by atoms with Crippen LogP contribution in [0.3, 0.4) is 0 Å². The third kappa shape index (κ3) is 4.49. The van der Waals surface area contributed by atoms with E-state index in [4.69, 9.17) is 4.98 Å². The molecule has 32 heavy (non-hydrogen) atoms. The lowest BCUT2D eigenvalue weighted by atomic mass is 10.1. The van der Waals surface area contributed by atoms with Gasteiger partial charge >= 0.3 is 0 Å². The Balaban J connectivity index is 1.28. The third-order valence-electron chi connectivity index (χ3n) is 6.23. The maximum atomic E-state index is 4.75. The topological polar surface area (TPSA) is 73.0 Å². The highest BCUT2D eigenvalue weighted by Gasteiger charge is 2.14. The van der Waals surface area contributed by atoms with E-state index in [1.807, 2.05) is 24.4 Å². The van der Waals surface area contributed by atoms with Crippen LogP contribution in [-0.4, -0.2) is 69.5 Å². The van der Waals surface area contributed by atoms with Crippen LogP contribution >= 0.6 is 0 Å². The molecule has 0 unspecified atom stereocenters. The molecule has 0 saturated carbocycles. The first-order valence-corrected chi connectivity index (χ1v) is 11.2. The molecule has 0 atom stereocenters. The first-order valence-electron chi connectivity index (χ1n) is 11.2. The van der Waals surface area contributed by atoms with Gasteiger partial charge in [0.15, 0.2) is 0 Å². The average molecular weight is 428 g/mol. The Morgan fingerprint density at radius 2 is 1.91 bits per heavy atom. The molecular formula is C25H29N7. The van der Waals surface area contributed by atoms with Gasteiger partial charge in [-0.1, -0.05) is 12.1 Å². The molecule has 3 aromatic heterocycles. The summed E-state index contributed by atoms with van der Waals surface area (Å²) in [6, 6.07) is 12.5. The molecule has 1 fully saturated rings. The normalized spacial score (nSPS) is 15.3. The van der Waals surface area contributed by atoms with Gasteiger partial charge in [0.1, 0.15) is 5.65 Å². The zero-order valence-corrected chi connectivity index (χ0v) is 18.7. The van der Waals surface area contributed by atoms with E-state index in [0.717, 1.165) is 67.1 Å². The Morgan fingerprint density at radius 1 is 1.03 bits per heavy atom. The summed E-state index contributed by atoms with van der Waals surface area (Å²) in [5.41, 5.74) is 6.35. The molecule has 4 aromatic rings. The summed E-state index contributed by atoms with van der Waals surface area (Å²) in [6.07, 6.45) is 6.60. The van der Waals surface area contributed by atoms with Gasteiger partial charge in [-0.2, -0.15) is 0 Å². The molecule has 0 radical (unpaired) electrons. The first-order chi connectivity index (χ1) is 15.7. The second kappa shape index (κ2) is 9.06. The molecular weight excluding hydrogens is 398 g/mol. The van der Waals surface area contributed by atoms with Crippen molar-refractivity contribution in [1.82, 2.24) is 29.7 Å². The summed E-state index contributed by atoms with van der Waals surface area (Å²) in [7, 11) is 2.20. The number of aromatic nitrogens is 4. The Morgan fingerprint density at radius 3 is 2.75 bits per heavy atom. The number of piperazine rings is 1. The summed E-state index contributed by atoms with van der Waals surface area (Å²) in [6.45, 7) is 7.90. The third-order valence-corrected chi connectivity index (χ3v) is 6.23. The Hall–Kier alpha value is -3.29. The van der Waals surface area contributed by atoms with Crippen molar-refractivity contribution in [1.29, 1.82) is 0 Å². The van der Waals surface area contributed by atoms with Crippen molar-refractivity contribution in [2.24, 2.45) is 0 Å². The maximum Gasteiger partial charge on any atom is 0.227 e. The highest BCUT2D eigenvalue weighted by atomic mass is 15.2. The minimum atomic E-state index is 0.592. The standard InChI is InChI=1S/C25H29N7/c1-18-16-19(8-11-32-14-12-31(2)13-15-32)5-6-22(18)29-25-27-10-7-23(30-25)21-17-28-24-20(21)4-3-9-26-24/h3-7,9-10,16-17H,8,11-15H2,1-2H3,(H,26,28)(H,27,29,30). The molecule has 7 nitrogen and oxygen atoms in total. The lowest BCUT2D eigenvalue weighted by molar-refractivity contribution is 0.155. The number of nitrogens with one attached hydrogen (secondary N) is 2. The molecule has 1 aliphatic heterocycles. The molecule has 1 saturated heterocycles. The summed E-state index contributed by atoms with van der Waals surface area (Å²) < 4.78 is 0. The number of likely N-dealkylation sites (N-methyl/N-ethyl adjacent to an activating group) is 1. The number of pyridine rings is 1. The number of H-pyrrole nitrogens is 1. The van der Waals surface area contributed by atoms with Crippen molar-refractivity contribution < 1.29 is 0 Å². The predicted octanol–water partition coefficient (Wildman–Crippen LogP) is 3.86. The molecule has 0 amide bonds. The van der Waals surface area contributed by atoms with Crippen LogP contribution in [0.2, 0.25) is 0 Å². The molecule has 0 spiro atoms. The SMILES string of the molecule is Cc1cc(CCN2CCN(C)CC2)ccc1Nc1nccc(-c2c[nH]c3ncccc23)n1. The smallest absolute Gasteiger partial charge is 0.227 e. The molecule has 0 aliphatic carbocycles.